The van der Waals surface area contributed by atoms with Crippen molar-refractivity contribution < 1.29 is 4.79 Å². The Morgan fingerprint density at radius 1 is 1.12 bits per heavy atom. The number of aromatic nitrogens is 5. The van der Waals surface area contributed by atoms with Crippen LogP contribution in [0.2, 0.25) is 0 Å². The maximum atomic E-state index is 10.8. The summed E-state index contributed by atoms with van der Waals surface area (Å²) in [6.07, 6.45) is 17.1. The molecule has 34 heavy (non-hydrogen) atoms. The van der Waals surface area contributed by atoms with Crippen LogP contribution in [-0.2, 0) is 11.8 Å². The van der Waals surface area contributed by atoms with Crippen molar-refractivity contribution in [3.8, 4) is 11.4 Å². The van der Waals surface area contributed by atoms with Gasteiger partial charge < -0.3 is 15.2 Å². The van der Waals surface area contributed by atoms with Crippen molar-refractivity contribution in [2.75, 3.05) is 12.3 Å². The summed E-state index contributed by atoms with van der Waals surface area (Å²) < 4.78 is 2.11. The topological polar surface area (TPSA) is 103 Å². The van der Waals surface area contributed by atoms with Crippen molar-refractivity contribution in [3.63, 3.8) is 0 Å². The van der Waals surface area contributed by atoms with Crippen LogP contribution in [0.5, 0.6) is 0 Å². The lowest BCUT2D eigenvalue weighted by Crippen LogP contribution is -2.51. The van der Waals surface area contributed by atoms with Crippen molar-refractivity contribution >= 4 is 28.7 Å². The largest absolute Gasteiger partial charge is 0.383 e. The number of piperidine rings is 1. The van der Waals surface area contributed by atoms with Crippen molar-refractivity contribution in [1.29, 1.82) is 0 Å². The molecule has 5 rings (SSSR count). The number of carbonyl (C=O) groups excluding carboxylic acids is 1. The Labute approximate surface area is 199 Å². The number of rotatable bonds is 4. The number of carbonyl (C=O) groups is 1. The number of aldehydes is 1. The zero-order valence-corrected chi connectivity index (χ0v) is 20.0. The maximum absolute atomic E-state index is 10.8. The fraction of sp³-hybridized carbons (Fsp3) is 0.423. The molecule has 1 fully saturated rings. The predicted molar refractivity (Wildman–Crippen MR) is 133 cm³/mol. The summed E-state index contributed by atoms with van der Waals surface area (Å²) in [5.41, 5.74) is 10.7. The molecule has 1 atom stereocenters. The fourth-order valence-corrected chi connectivity index (χ4v) is 6.03. The quantitative estimate of drug-likeness (QED) is 0.464. The molecule has 2 N–H and O–H groups in total. The van der Waals surface area contributed by atoms with Crippen LogP contribution >= 0.6 is 0 Å². The zero-order valence-electron chi connectivity index (χ0n) is 20.0. The Morgan fingerprint density at radius 2 is 1.91 bits per heavy atom. The van der Waals surface area contributed by atoms with E-state index in [1.54, 1.807) is 18.5 Å². The SMILES string of the molecule is Cn1c(C2=CC[C@@]3(CC2)CCN(C=CC=O)C(C)(C)C3)c(-c2ncccn2)c2c(N)ncnc21. The van der Waals surface area contributed by atoms with E-state index in [1.165, 1.54) is 11.9 Å². The second-order valence-corrected chi connectivity index (χ2v) is 10.2. The van der Waals surface area contributed by atoms with E-state index in [-0.39, 0.29) is 11.0 Å². The third-order valence-corrected chi connectivity index (χ3v) is 7.61. The van der Waals surface area contributed by atoms with Gasteiger partial charge in [-0.25, -0.2) is 19.9 Å². The highest BCUT2D eigenvalue weighted by Gasteiger charge is 2.44. The molecule has 1 aliphatic carbocycles. The minimum Gasteiger partial charge on any atom is -0.383 e. The molecule has 2 aliphatic rings. The van der Waals surface area contributed by atoms with Crippen LogP contribution < -0.4 is 5.73 Å². The summed E-state index contributed by atoms with van der Waals surface area (Å²) in [6, 6.07) is 1.82. The van der Waals surface area contributed by atoms with Gasteiger partial charge in [-0.15, -0.1) is 0 Å². The van der Waals surface area contributed by atoms with Gasteiger partial charge in [0.25, 0.3) is 0 Å². The average molecular weight is 458 g/mol. The maximum Gasteiger partial charge on any atom is 0.162 e. The summed E-state index contributed by atoms with van der Waals surface area (Å²) in [7, 11) is 2.03. The first kappa shape index (κ1) is 22.3. The lowest BCUT2D eigenvalue weighted by atomic mass is 9.63. The molecule has 0 saturated carbocycles. The monoisotopic (exact) mass is 457 g/mol. The minimum atomic E-state index is 0.00976. The van der Waals surface area contributed by atoms with E-state index >= 15 is 0 Å². The fourth-order valence-electron chi connectivity index (χ4n) is 6.03. The molecule has 0 bridgehead atoms. The first-order valence-electron chi connectivity index (χ1n) is 11.8. The van der Waals surface area contributed by atoms with Gasteiger partial charge in [0.1, 0.15) is 24.1 Å². The molecule has 1 saturated heterocycles. The molecule has 8 nitrogen and oxygen atoms in total. The highest BCUT2D eigenvalue weighted by Crippen LogP contribution is 2.51. The molecule has 176 valence electrons. The number of allylic oxidation sites excluding steroid dienone is 3. The van der Waals surface area contributed by atoms with E-state index in [0.29, 0.717) is 11.6 Å². The first-order valence-corrected chi connectivity index (χ1v) is 11.8. The first-order chi connectivity index (χ1) is 16.4. The summed E-state index contributed by atoms with van der Waals surface area (Å²) in [5, 5.41) is 0.809. The van der Waals surface area contributed by atoms with Crippen LogP contribution in [0, 0.1) is 5.41 Å². The molecule has 0 radical (unpaired) electrons. The van der Waals surface area contributed by atoms with Crippen LogP contribution in [-0.4, -0.2) is 47.8 Å². The molecule has 0 amide bonds. The minimum absolute atomic E-state index is 0.00976. The lowest BCUT2D eigenvalue weighted by molar-refractivity contribution is -0.104. The number of likely N-dealkylation sites (tertiary alicyclic amines) is 1. The summed E-state index contributed by atoms with van der Waals surface area (Å²) >= 11 is 0. The highest BCUT2D eigenvalue weighted by atomic mass is 16.1. The van der Waals surface area contributed by atoms with E-state index in [9.17, 15) is 4.79 Å². The highest BCUT2D eigenvalue weighted by molar-refractivity contribution is 6.04. The second-order valence-electron chi connectivity index (χ2n) is 10.2. The molecule has 0 unspecified atom stereocenters. The Hall–Kier alpha value is -3.55. The van der Waals surface area contributed by atoms with E-state index < -0.39 is 0 Å². The van der Waals surface area contributed by atoms with Crippen molar-refractivity contribution in [3.05, 3.63) is 48.8 Å². The standard InChI is InChI=1S/C26H31N7O/c1-25(2)16-26(10-14-33(25)13-5-15-34)8-6-18(7-9-26)21-19(23-28-11-4-12-29-23)20-22(27)30-17-31-24(20)32(21)3/h4-6,11-13,15,17H,7-10,14,16H2,1-3H3,(H2,27,30,31)/t26-/m1/s1. The van der Waals surface area contributed by atoms with Gasteiger partial charge in [-0.3, -0.25) is 4.79 Å². The molecular weight excluding hydrogens is 426 g/mol. The third-order valence-electron chi connectivity index (χ3n) is 7.61. The molecule has 3 aromatic rings. The molecule has 1 aliphatic heterocycles. The molecule has 3 aromatic heterocycles. The summed E-state index contributed by atoms with van der Waals surface area (Å²) in [6.45, 7) is 5.51. The van der Waals surface area contributed by atoms with Gasteiger partial charge in [0.05, 0.1) is 16.6 Å². The Bertz CT molecular complexity index is 1290. The van der Waals surface area contributed by atoms with Crippen molar-refractivity contribution in [1.82, 2.24) is 29.4 Å². The Balaban J connectivity index is 1.53. The number of aryl methyl sites for hydroxylation is 1. The lowest BCUT2D eigenvalue weighted by Gasteiger charge is -2.52. The molecule has 0 aromatic carbocycles. The van der Waals surface area contributed by atoms with Crippen LogP contribution in [0.1, 0.15) is 51.6 Å². The van der Waals surface area contributed by atoms with Crippen molar-refractivity contribution in [2.24, 2.45) is 12.5 Å². The molecule has 8 heteroatoms. The summed E-state index contributed by atoms with van der Waals surface area (Å²) in [5.74, 6) is 1.09. The molecule has 1 spiro atoms. The van der Waals surface area contributed by atoms with E-state index in [2.05, 4.69) is 49.3 Å². The number of fused-ring (bicyclic) bond motifs is 1. The van der Waals surface area contributed by atoms with Gasteiger partial charge in [0, 0.05) is 37.7 Å². The predicted octanol–water partition coefficient (Wildman–Crippen LogP) is 4.15. The van der Waals surface area contributed by atoms with Crippen LogP contribution in [0.4, 0.5) is 5.82 Å². The summed E-state index contributed by atoms with van der Waals surface area (Å²) in [4.78, 5) is 31.0. The van der Waals surface area contributed by atoms with Crippen molar-refractivity contribution in [2.45, 2.75) is 51.5 Å². The van der Waals surface area contributed by atoms with E-state index in [4.69, 9.17) is 5.73 Å². The normalized spacial score (nSPS) is 22.4. The molecule has 4 heterocycles. The van der Waals surface area contributed by atoms with Gasteiger partial charge in [0.15, 0.2) is 5.82 Å². The Kier molecular flexibility index (Phi) is 5.46. The van der Waals surface area contributed by atoms with E-state index in [1.807, 2.05) is 19.3 Å². The number of nitrogen functional groups attached to an aromatic ring is 1. The van der Waals surface area contributed by atoms with Crippen LogP contribution in [0.3, 0.4) is 0 Å². The van der Waals surface area contributed by atoms with Crippen LogP contribution in [0.25, 0.3) is 28.0 Å². The number of anilines is 1. The number of hydrogen-bond donors (Lipinski definition) is 1. The average Bonchev–Trinajstić information content (AvgIpc) is 3.13. The van der Waals surface area contributed by atoms with E-state index in [0.717, 1.165) is 67.2 Å². The van der Waals surface area contributed by atoms with Gasteiger partial charge >= 0.3 is 0 Å². The molecular formula is C26H31N7O. The van der Waals surface area contributed by atoms with Crippen LogP contribution in [0.15, 0.2) is 43.1 Å². The second kappa shape index (κ2) is 8.34. The third kappa shape index (κ3) is 3.67. The number of nitrogens with two attached hydrogens (primary N) is 1. The van der Waals surface area contributed by atoms with Gasteiger partial charge in [-0.05, 0) is 69.1 Å². The van der Waals surface area contributed by atoms with Gasteiger partial charge in [0.2, 0.25) is 0 Å². The Morgan fingerprint density at radius 3 is 2.59 bits per heavy atom. The van der Waals surface area contributed by atoms with Gasteiger partial charge in [-0.1, -0.05) is 6.08 Å². The smallest absolute Gasteiger partial charge is 0.162 e. The van der Waals surface area contributed by atoms with Gasteiger partial charge in [-0.2, -0.15) is 0 Å². The zero-order chi connectivity index (χ0) is 23.9. The number of nitrogens with zero attached hydrogens (tertiary/aromatic N) is 6. The number of hydrogen-bond acceptors (Lipinski definition) is 7.